The Kier molecular flexibility index (Phi) is 14.4. The zero-order valence-corrected chi connectivity index (χ0v) is 33.3. The van der Waals surface area contributed by atoms with Crippen molar-refractivity contribution in [1.29, 1.82) is 0 Å². The number of aliphatic carboxylic acids is 1. The summed E-state index contributed by atoms with van der Waals surface area (Å²) in [5.41, 5.74) is 3.67. The SMILES string of the molecule is CCCCCCCOc1ccc(-c2cnc(-c3ccc(C[C@H](CC(=O)c4ccc(C(C)(C)C)s4)C(=O)N[C@@H](Cc4ccc(O)c(O)c4)C(=O)O)cc3)nc2)cc1. The van der Waals surface area contributed by atoms with Crippen molar-refractivity contribution in [3.8, 4) is 39.8 Å². The summed E-state index contributed by atoms with van der Waals surface area (Å²) in [6.45, 7) is 9.12. The van der Waals surface area contributed by atoms with Crippen LogP contribution in [0.5, 0.6) is 17.2 Å². The van der Waals surface area contributed by atoms with Crippen molar-refractivity contribution in [2.45, 2.75) is 90.5 Å². The summed E-state index contributed by atoms with van der Waals surface area (Å²) in [6.07, 6.45) is 9.43. The molecule has 0 fully saturated rings. The molecule has 5 rings (SSSR count). The number of unbranched alkanes of at least 4 members (excludes halogenated alkanes) is 4. The van der Waals surface area contributed by atoms with Crippen LogP contribution in [-0.2, 0) is 27.8 Å². The number of ether oxygens (including phenoxy) is 1. The molecule has 0 unspecified atom stereocenters. The van der Waals surface area contributed by atoms with Crippen LogP contribution in [0, 0.1) is 5.92 Å². The smallest absolute Gasteiger partial charge is 0.326 e. The fourth-order valence-corrected chi connectivity index (χ4v) is 7.25. The van der Waals surface area contributed by atoms with Gasteiger partial charge >= 0.3 is 5.97 Å². The summed E-state index contributed by atoms with van der Waals surface area (Å²) in [5, 5.41) is 32.2. The summed E-state index contributed by atoms with van der Waals surface area (Å²) < 4.78 is 5.90. The van der Waals surface area contributed by atoms with Gasteiger partial charge in [0.05, 0.1) is 11.5 Å². The molecule has 0 aliphatic heterocycles. The van der Waals surface area contributed by atoms with Crippen LogP contribution in [-0.4, -0.2) is 55.6 Å². The standard InChI is InChI=1S/C45H51N3O7S/c1-5-6-7-8-9-22-55-35-17-15-31(16-18-35)34-27-46-42(47-28-34)32-13-10-29(11-14-32)23-33(26-39(51)40-20-21-41(56-40)45(2,3)4)43(52)48-36(44(53)54)24-30-12-19-37(49)38(50)25-30/h10-21,25,27-28,33,36,49-50H,5-9,22-24,26H2,1-4H3,(H,48,52)(H,53,54)/t33-,36+/m1/s1. The van der Waals surface area contributed by atoms with Crippen molar-refractivity contribution in [2.24, 2.45) is 5.92 Å². The van der Waals surface area contributed by atoms with Crippen LogP contribution in [0.4, 0.5) is 0 Å². The van der Waals surface area contributed by atoms with Crippen LogP contribution in [0.25, 0.3) is 22.5 Å². The first-order chi connectivity index (χ1) is 26.8. The third-order valence-corrected chi connectivity index (χ3v) is 11.1. The molecule has 2 atom stereocenters. The monoisotopic (exact) mass is 777 g/mol. The number of ketones is 1. The Balaban J connectivity index is 1.27. The summed E-state index contributed by atoms with van der Waals surface area (Å²) in [6, 6.07) is 21.7. The van der Waals surface area contributed by atoms with E-state index in [4.69, 9.17) is 4.74 Å². The Morgan fingerprint density at radius 3 is 2.05 bits per heavy atom. The number of benzene rings is 3. The van der Waals surface area contributed by atoms with Crippen LogP contribution < -0.4 is 10.1 Å². The fraction of sp³-hybridized carbons (Fsp3) is 0.356. The minimum Gasteiger partial charge on any atom is -0.504 e. The van der Waals surface area contributed by atoms with E-state index >= 15 is 0 Å². The molecule has 2 heterocycles. The molecule has 4 N–H and O–H groups in total. The third-order valence-electron chi connectivity index (χ3n) is 9.57. The van der Waals surface area contributed by atoms with E-state index in [0.717, 1.165) is 39.3 Å². The summed E-state index contributed by atoms with van der Waals surface area (Å²) in [5.74, 6) is -2.28. The number of phenols is 2. The molecule has 5 aromatic rings. The lowest BCUT2D eigenvalue weighted by Gasteiger charge is -2.21. The average molecular weight is 778 g/mol. The lowest BCUT2D eigenvalue weighted by Crippen LogP contribution is -2.45. The number of carboxylic acid groups (broad SMARTS) is 1. The Bertz CT molecular complexity index is 2070. The molecule has 294 valence electrons. The van der Waals surface area contributed by atoms with E-state index in [1.165, 1.54) is 55.2 Å². The van der Waals surface area contributed by atoms with E-state index < -0.39 is 29.6 Å². The molecule has 10 nitrogen and oxygen atoms in total. The molecule has 2 aromatic heterocycles. The van der Waals surface area contributed by atoms with Gasteiger partial charge in [-0.1, -0.05) is 95.8 Å². The van der Waals surface area contributed by atoms with E-state index in [1.807, 2.05) is 54.6 Å². The van der Waals surface area contributed by atoms with Crippen molar-refractivity contribution < 1.29 is 34.4 Å². The van der Waals surface area contributed by atoms with Crippen LogP contribution in [0.3, 0.4) is 0 Å². The molecule has 0 saturated carbocycles. The number of amides is 1. The molecule has 0 aliphatic rings. The Morgan fingerprint density at radius 1 is 0.768 bits per heavy atom. The Hall–Kier alpha value is -5.55. The number of carbonyl (C=O) groups excluding carboxylic acids is 2. The number of thiophene rings is 1. The molecule has 11 heteroatoms. The fourth-order valence-electron chi connectivity index (χ4n) is 6.23. The third kappa shape index (κ3) is 11.7. The largest absolute Gasteiger partial charge is 0.504 e. The van der Waals surface area contributed by atoms with Crippen molar-refractivity contribution in [3.63, 3.8) is 0 Å². The molecule has 0 aliphatic carbocycles. The van der Waals surface area contributed by atoms with E-state index in [2.05, 4.69) is 43.0 Å². The van der Waals surface area contributed by atoms with Gasteiger partial charge in [0.25, 0.3) is 0 Å². The second kappa shape index (κ2) is 19.4. The number of rotatable bonds is 19. The summed E-state index contributed by atoms with van der Waals surface area (Å²) >= 11 is 1.40. The first-order valence-electron chi connectivity index (χ1n) is 19.1. The van der Waals surface area contributed by atoms with Crippen LogP contribution in [0.2, 0.25) is 0 Å². The zero-order valence-electron chi connectivity index (χ0n) is 32.5. The highest BCUT2D eigenvalue weighted by molar-refractivity contribution is 7.14. The second-order valence-corrected chi connectivity index (χ2v) is 16.2. The lowest BCUT2D eigenvalue weighted by molar-refractivity contribution is -0.142. The summed E-state index contributed by atoms with van der Waals surface area (Å²) in [4.78, 5) is 50.4. The number of carboxylic acids is 1. The minimum atomic E-state index is -1.34. The highest BCUT2D eigenvalue weighted by Gasteiger charge is 2.29. The van der Waals surface area contributed by atoms with Crippen molar-refractivity contribution >= 4 is 29.0 Å². The van der Waals surface area contributed by atoms with Gasteiger partial charge in [-0.3, -0.25) is 9.59 Å². The highest BCUT2D eigenvalue weighted by atomic mass is 32.1. The van der Waals surface area contributed by atoms with Gasteiger partial charge in [0.1, 0.15) is 11.8 Å². The van der Waals surface area contributed by atoms with Crippen molar-refractivity contribution in [2.75, 3.05) is 6.61 Å². The molecule has 0 saturated heterocycles. The van der Waals surface area contributed by atoms with Gasteiger partial charge in [-0.15, -0.1) is 11.3 Å². The molecule has 0 bridgehead atoms. The molecule has 3 aromatic carbocycles. The Labute approximate surface area is 332 Å². The predicted octanol–water partition coefficient (Wildman–Crippen LogP) is 9.17. The Morgan fingerprint density at radius 2 is 1.43 bits per heavy atom. The normalized spacial score (nSPS) is 12.5. The van der Waals surface area contributed by atoms with E-state index in [-0.39, 0.29) is 36.2 Å². The van der Waals surface area contributed by atoms with Crippen molar-refractivity contribution in [1.82, 2.24) is 15.3 Å². The quantitative estimate of drug-likeness (QED) is 0.0364. The molecular formula is C45H51N3O7S. The first-order valence-corrected chi connectivity index (χ1v) is 19.9. The van der Waals surface area contributed by atoms with Gasteiger partial charge in [-0.05, 0) is 71.3 Å². The maximum absolute atomic E-state index is 13.8. The average Bonchev–Trinajstić information content (AvgIpc) is 3.70. The number of carbonyl (C=O) groups is 3. The van der Waals surface area contributed by atoms with Gasteiger partial charge in [-0.2, -0.15) is 0 Å². The maximum Gasteiger partial charge on any atom is 0.326 e. The van der Waals surface area contributed by atoms with Gasteiger partial charge in [-0.25, -0.2) is 14.8 Å². The number of nitrogens with one attached hydrogen (secondary N) is 1. The van der Waals surface area contributed by atoms with Gasteiger partial charge < -0.3 is 25.4 Å². The summed E-state index contributed by atoms with van der Waals surface area (Å²) in [7, 11) is 0. The molecule has 56 heavy (non-hydrogen) atoms. The van der Waals surface area contributed by atoms with Gasteiger partial charge in [0.15, 0.2) is 23.1 Å². The number of aromatic hydroxyl groups is 2. The number of nitrogens with zero attached hydrogens (tertiary/aromatic N) is 2. The molecule has 0 radical (unpaired) electrons. The number of aromatic nitrogens is 2. The lowest BCUT2D eigenvalue weighted by atomic mass is 9.91. The number of phenolic OH excluding ortho intramolecular Hbond substituents is 2. The molecule has 0 spiro atoms. The van der Waals surface area contributed by atoms with Crippen LogP contribution in [0.15, 0.2) is 91.3 Å². The molecular weight excluding hydrogens is 727 g/mol. The van der Waals surface area contributed by atoms with E-state index in [1.54, 1.807) is 18.5 Å². The highest BCUT2D eigenvalue weighted by Crippen LogP contribution is 2.31. The zero-order chi connectivity index (χ0) is 40.2. The minimum absolute atomic E-state index is 0.124. The maximum atomic E-state index is 13.8. The topological polar surface area (TPSA) is 159 Å². The van der Waals surface area contributed by atoms with Gasteiger partial charge in [0.2, 0.25) is 5.91 Å². The van der Waals surface area contributed by atoms with E-state index in [9.17, 15) is 29.7 Å². The number of hydrogen-bond acceptors (Lipinski definition) is 9. The van der Waals surface area contributed by atoms with Gasteiger partial charge in [0, 0.05) is 47.2 Å². The molecule has 1 amide bonds. The van der Waals surface area contributed by atoms with Crippen molar-refractivity contribution in [3.05, 3.63) is 112 Å². The second-order valence-electron chi connectivity index (χ2n) is 15.1. The van der Waals surface area contributed by atoms with E-state index in [0.29, 0.717) is 22.9 Å². The predicted molar refractivity (Wildman–Crippen MR) is 219 cm³/mol. The first kappa shape index (κ1) is 41.6. The van der Waals surface area contributed by atoms with Crippen LogP contribution >= 0.6 is 11.3 Å². The number of Topliss-reactive ketones (excluding diaryl/α,β-unsaturated/α-hetero) is 1. The van der Waals surface area contributed by atoms with Crippen LogP contribution in [0.1, 0.15) is 91.9 Å². The number of hydrogen-bond donors (Lipinski definition) is 4.